The SMILES string of the molecule is CC1CCC(N)C(C(=O)N2CCN(C)CC2)C1. The molecule has 0 radical (unpaired) electrons. The zero-order valence-corrected chi connectivity index (χ0v) is 11.1. The quantitative estimate of drug-likeness (QED) is 0.726. The van der Waals surface area contributed by atoms with E-state index in [2.05, 4.69) is 18.9 Å². The second kappa shape index (κ2) is 5.36. The van der Waals surface area contributed by atoms with Gasteiger partial charge in [0.2, 0.25) is 5.91 Å². The molecule has 98 valence electrons. The van der Waals surface area contributed by atoms with E-state index in [9.17, 15) is 4.79 Å². The van der Waals surface area contributed by atoms with Gasteiger partial charge in [0.1, 0.15) is 0 Å². The Morgan fingerprint density at radius 1 is 1.18 bits per heavy atom. The van der Waals surface area contributed by atoms with Gasteiger partial charge in [-0.25, -0.2) is 0 Å². The molecule has 0 aromatic rings. The molecule has 1 aliphatic carbocycles. The number of hydrogen-bond acceptors (Lipinski definition) is 3. The Labute approximate surface area is 104 Å². The normalized spacial score (nSPS) is 35.9. The van der Waals surface area contributed by atoms with Crippen LogP contribution in [-0.2, 0) is 4.79 Å². The lowest BCUT2D eigenvalue weighted by Crippen LogP contribution is -2.52. The van der Waals surface area contributed by atoms with Crippen LogP contribution in [0, 0.1) is 11.8 Å². The number of amides is 1. The number of hydrogen-bond donors (Lipinski definition) is 1. The van der Waals surface area contributed by atoms with Crippen molar-refractivity contribution in [1.29, 1.82) is 0 Å². The smallest absolute Gasteiger partial charge is 0.227 e. The first-order valence-electron chi connectivity index (χ1n) is 6.81. The standard InChI is InChI=1S/C13H25N3O/c1-10-3-4-12(14)11(9-10)13(17)16-7-5-15(2)6-8-16/h10-12H,3-9,14H2,1-2H3. The molecule has 1 aliphatic heterocycles. The van der Waals surface area contributed by atoms with Gasteiger partial charge >= 0.3 is 0 Å². The van der Waals surface area contributed by atoms with Crippen LogP contribution in [-0.4, -0.2) is 55.0 Å². The molecule has 0 spiro atoms. The van der Waals surface area contributed by atoms with Crippen LogP contribution in [0.15, 0.2) is 0 Å². The fourth-order valence-electron chi connectivity index (χ4n) is 2.95. The highest BCUT2D eigenvalue weighted by Gasteiger charge is 2.34. The maximum Gasteiger partial charge on any atom is 0.227 e. The summed E-state index contributed by atoms with van der Waals surface area (Å²) < 4.78 is 0. The summed E-state index contributed by atoms with van der Waals surface area (Å²) in [5.74, 6) is 1.02. The van der Waals surface area contributed by atoms with Crippen molar-refractivity contribution in [2.75, 3.05) is 33.2 Å². The number of likely N-dealkylation sites (N-methyl/N-ethyl adjacent to an activating group) is 1. The van der Waals surface area contributed by atoms with E-state index < -0.39 is 0 Å². The number of nitrogens with zero attached hydrogens (tertiary/aromatic N) is 2. The maximum atomic E-state index is 12.4. The molecule has 3 unspecified atom stereocenters. The van der Waals surface area contributed by atoms with E-state index in [4.69, 9.17) is 5.73 Å². The summed E-state index contributed by atoms with van der Waals surface area (Å²) in [6, 6.07) is 0.0818. The summed E-state index contributed by atoms with van der Waals surface area (Å²) in [7, 11) is 2.11. The minimum Gasteiger partial charge on any atom is -0.340 e. The van der Waals surface area contributed by atoms with Gasteiger partial charge < -0.3 is 15.5 Å². The van der Waals surface area contributed by atoms with E-state index in [0.717, 1.165) is 39.0 Å². The van der Waals surface area contributed by atoms with Crippen LogP contribution in [0.3, 0.4) is 0 Å². The predicted octanol–water partition coefficient (Wildman–Crippen LogP) is 0.524. The van der Waals surface area contributed by atoms with E-state index in [0.29, 0.717) is 11.8 Å². The van der Waals surface area contributed by atoms with Crippen molar-refractivity contribution in [1.82, 2.24) is 9.80 Å². The average molecular weight is 239 g/mol. The van der Waals surface area contributed by atoms with Crippen LogP contribution in [0.25, 0.3) is 0 Å². The second-order valence-electron chi connectivity index (χ2n) is 5.82. The first kappa shape index (κ1) is 12.8. The highest BCUT2D eigenvalue weighted by atomic mass is 16.2. The van der Waals surface area contributed by atoms with Crippen molar-refractivity contribution in [2.45, 2.75) is 32.2 Å². The fraction of sp³-hybridized carbons (Fsp3) is 0.923. The number of nitrogens with two attached hydrogens (primary N) is 1. The van der Waals surface area contributed by atoms with E-state index in [1.165, 1.54) is 6.42 Å². The van der Waals surface area contributed by atoms with Crippen molar-refractivity contribution in [3.05, 3.63) is 0 Å². The minimum atomic E-state index is 0.0714. The van der Waals surface area contributed by atoms with Crippen molar-refractivity contribution < 1.29 is 4.79 Å². The molecule has 0 aromatic heterocycles. The monoisotopic (exact) mass is 239 g/mol. The topological polar surface area (TPSA) is 49.6 Å². The highest BCUT2D eigenvalue weighted by Crippen LogP contribution is 2.29. The molecule has 3 atom stereocenters. The lowest BCUT2D eigenvalue weighted by Gasteiger charge is -2.38. The fourth-order valence-corrected chi connectivity index (χ4v) is 2.95. The largest absolute Gasteiger partial charge is 0.340 e. The molecule has 4 nitrogen and oxygen atoms in total. The molecule has 2 N–H and O–H groups in total. The van der Waals surface area contributed by atoms with Gasteiger partial charge in [0.15, 0.2) is 0 Å². The third kappa shape index (κ3) is 2.99. The molecule has 17 heavy (non-hydrogen) atoms. The number of piperazine rings is 1. The van der Waals surface area contributed by atoms with Gasteiger partial charge in [0.05, 0.1) is 5.92 Å². The Morgan fingerprint density at radius 3 is 2.47 bits per heavy atom. The molecular weight excluding hydrogens is 214 g/mol. The van der Waals surface area contributed by atoms with E-state index in [1.54, 1.807) is 0 Å². The summed E-state index contributed by atoms with van der Waals surface area (Å²) in [6.45, 7) is 5.95. The third-order valence-electron chi connectivity index (χ3n) is 4.30. The van der Waals surface area contributed by atoms with Gasteiger partial charge in [0, 0.05) is 32.2 Å². The molecule has 2 aliphatic rings. The number of carbonyl (C=O) groups excluding carboxylic acids is 1. The molecule has 1 heterocycles. The zero-order chi connectivity index (χ0) is 12.4. The highest BCUT2D eigenvalue weighted by molar-refractivity contribution is 5.79. The number of rotatable bonds is 1. The first-order chi connectivity index (χ1) is 8.08. The summed E-state index contributed by atoms with van der Waals surface area (Å²) in [6.07, 6.45) is 3.16. The lowest BCUT2D eigenvalue weighted by atomic mass is 9.78. The van der Waals surface area contributed by atoms with Crippen LogP contribution < -0.4 is 5.73 Å². The Bertz CT molecular complexity index is 274. The van der Waals surface area contributed by atoms with E-state index in [1.807, 2.05) is 4.90 Å². The van der Waals surface area contributed by atoms with Crippen molar-refractivity contribution >= 4 is 5.91 Å². The van der Waals surface area contributed by atoms with Gasteiger partial charge in [-0.15, -0.1) is 0 Å². The van der Waals surface area contributed by atoms with Gasteiger partial charge in [-0.05, 0) is 32.2 Å². The van der Waals surface area contributed by atoms with Crippen LogP contribution in [0.4, 0.5) is 0 Å². The van der Waals surface area contributed by atoms with Crippen molar-refractivity contribution in [3.8, 4) is 0 Å². The molecule has 1 amide bonds. The summed E-state index contributed by atoms with van der Waals surface area (Å²) >= 11 is 0. The molecule has 0 aromatic carbocycles. The minimum absolute atomic E-state index is 0.0714. The Kier molecular flexibility index (Phi) is 4.05. The van der Waals surface area contributed by atoms with Gasteiger partial charge in [0.25, 0.3) is 0 Å². The molecule has 2 fully saturated rings. The van der Waals surface area contributed by atoms with Crippen molar-refractivity contribution in [2.24, 2.45) is 17.6 Å². The zero-order valence-electron chi connectivity index (χ0n) is 11.1. The van der Waals surface area contributed by atoms with Gasteiger partial charge in [-0.3, -0.25) is 4.79 Å². The molecule has 4 heteroatoms. The molecule has 1 saturated heterocycles. The molecular formula is C13H25N3O. The van der Waals surface area contributed by atoms with Gasteiger partial charge in [-0.2, -0.15) is 0 Å². The maximum absolute atomic E-state index is 12.4. The first-order valence-corrected chi connectivity index (χ1v) is 6.81. The number of carbonyl (C=O) groups is 1. The molecule has 0 bridgehead atoms. The van der Waals surface area contributed by atoms with Crippen LogP contribution in [0.5, 0.6) is 0 Å². The average Bonchev–Trinajstić information content (AvgIpc) is 2.32. The summed E-state index contributed by atoms with van der Waals surface area (Å²) in [4.78, 5) is 16.7. The van der Waals surface area contributed by atoms with Gasteiger partial charge in [-0.1, -0.05) is 6.92 Å². The Morgan fingerprint density at radius 2 is 1.82 bits per heavy atom. The molecule has 1 saturated carbocycles. The lowest BCUT2D eigenvalue weighted by molar-refractivity contribution is -0.139. The molecule has 2 rings (SSSR count). The van der Waals surface area contributed by atoms with Crippen molar-refractivity contribution in [3.63, 3.8) is 0 Å². The Hall–Kier alpha value is -0.610. The van der Waals surface area contributed by atoms with Crippen LogP contribution in [0.2, 0.25) is 0 Å². The van der Waals surface area contributed by atoms with E-state index >= 15 is 0 Å². The predicted molar refractivity (Wildman–Crippen MR) is 68.6 cm³/mol. The second-order valence-corrected chi connectivity index (χ2v) is 5.82. The Balaban J connectivity index is 1.94. The van der Waals surface area contributed by atoms with Crippen LogP contribution >= 0.6 is 0 Å². The third-order valence-corrected chi connectivity index (χ3v) is 4.30. The van der Waals surface area contributed by atoms with Crippen LogP contribution in [0.1, 0.15) is 26.2 Å². The summed E-state index contributed by atoms with van der Waals surface area (Å²) in [5, 5.41) is 0. The summed E-state index contributed by atoms with van der Waals surface area (Å²) in [5.41, 5.74) is 6.12. The van der Waals surface area contributed by atoms with E-state index in [-0.39, 0.29) is 12.0 Å².